The van der Waals surface area contributed by atoms with Crippen molar-refractivity contribution in [3.8, 4) is 0 Å². The molecule has 1 aromatic heterocycles. The molecule has 0 spiro atoms. The second kappa shape index (κ2) is 17.0. The van der Waals surface area contributed by atoms with E-state index in [4.69, 9.17) is 15.2 Å². The van der Waals surface area contributed by atoms with Gasteiger partial charge in [0, 0.05) is 44.2 Å². The number of aromatic nitrogens is 4. The lowest BCUT2D eigenvalue weighted by molar-refractivity contribution is -0.245. The van der Waals surface area contributed by atoms with E-state index in [0.717, 1.165) is 28.7 Å². The van der Waals surface area contributed by atoms with Gasteiger partial charge >= 0.3 is 0 Å². The summed E-state index contributed by atoms with van der Waals surface area (Å²) in [5, 5.41) is 27.7. The Balaban J connectivity index is 1.08. The van der Waals surface area contributed by atoms with E-state index in [0.29, 0.717) is 60.9 Å². The third-order valence-corrected chi connectivity index (χ3v) is 9.02. The molecule has 0 radical (unpaired) electrons. The van der Waals surface area contributed by atoms with E-state index in [1.807, 2.05) is 60.7 Å². The zero-order chi connectivity index (χ0) is 33.0. The van der Waals surface area contributed by atoms with Gasteiger partial charge in [0.25, 0.3) is 0 Å². The van der Waals surface area contributed by atoms with Gasteiger partial charge in [-0.1, -0.05) is 78.8 Å². The van der Waals surface area contributed by atoms with Gasteiger partial charge in [-0.15, -0.1) is 5.10 Å². The van der Waals surface area contributed by atoms with Crippen molar-refractivity contribution in [1.82, 2.24) is 25.5 Å². The van der Waals surface area contributed by atoms with Crippen molar-refractivity contribution in [1.29, 1.82) is 0 Å². The van der Waals surface area contributed by atoms with Crippen LogP contribution in [-0.2, 0) is 39.3 Å². The minimum Gasteiger partial charge on any atom is -0.397 e. The number of benzene rings is 3. The minimum atomic E-state index is -0.578. The predicted octanol–water partition coefficient (Wildman–Crippen LogP) is 4.83. The first-order chi connectivity index (χ1) is 22.9. The Bertz CT molecular complexity index is 1600. The highest BCUT2D eigenvalue weighted by atomic mass is 32.2. The summed E-state index contributed by atoms with van der Waals surface area (Å²) < 4.78 is 14.5. The number of nitrogen functional groups attached to an aromatic ring is 1. The molecule has 13 heteroatoms. The van der Waals surface area contributed by atoms with Gasteiger partial charge in [0.15, 0.2) is 6.29 Å². The molecule has 5 N–H and O–H groups in total. The lowest BCUT2D eigenvalue weighted by Crippen LogP contribution is -2.31. The van der Waals surface area contributed by atoms with Gasteiger partial charge in [0.05, 0.1) is 30.2 Å². The van der Waals surface area contributed by atoms with Crippen LogP contribution in [0.15, 0.2) is 78.0 Å². The molecule has 248 valence electrons. The molecule has 47 heavy (non-hydrogen) atoms. The molecule has 2 amide bonds. The summed E-state index contributed by atoms with van der Waals surface area (Å²) in [6.07, 6.45) is 2.74. The van der Waals surface area contributed by atoms with E-state index in [9.17, 15) is 14.7 Å². The van der Waals surface area contributed by atoms with Crippen molar-refractivity contribution in [2.45, 2.75) is 75.3 Å². The molecule has 2 heterocycles. The van der Waals surface area contributed by atoms with Gasteiger partial charge in [0.2, 0.25) is 17.0 Å². The summed E-state index contributed by atoms with van der Waals surface area (Å²) in [5.41, 5.74) is 10.7. The van der Waals surface area contributed by atoms with Crippen molar-refractivity contribution in [2.75, 3.05) is 16.8 Å². The minimum absolute atomic E-state index is 0.0124. The Morgan fingerprint density at radius 2 is 1.64 bits per heavy atom. The number of ether oxygens (including phenoxy) is 2. The molecular formula is C34H41N7O5S. The van der Waals surface area contributed by atoms with E-state index >= 15 is 0 Å². The van der Waals surface area contributed by atoms with Gasteiger partial charge in [-0.2, -0.15) is 0 Å². The molecule has 4 aromatic rings. The number of nitrogens with one attached hydrogen (secondary N) is 2. The second-order valence-corrected chi connectivity index (χ2v) is 12.4. The van der Waals surface area contributed by atoms with Crippen LogP contribution in [0.25, 0.3) is 0 Å². The number of rotatable bonds is 15. The first kappa shape index (κ1) is 34.0. The number of amides is 2. The molecule has 3 aromatic carbocycles. The van der Waals surface area contributed by atoms with E-state index in [1.54, 1.807) is 23.9 Å². The summed E-state index contributed by atoms with van der Waals surface area (Å²) >= 11 is 1.53. The summed E-state index contributed by atoms with van der Waals surface area (Å²) in [6, 6.07) is 22.8. The number of para-hydroxylation sites is 2. The molecule has 5 rings (SSSR count). The standard InChI is InChI=1S/C34H41N7O5S/c1-41-34(38-39-40-41)47-22-27-19-30(25-15-13-24(21-42)14-16-25)46-33(45-27)26-17-11-23(12-18-26)20-36-31(43)9-3-2-4-10-32(44)37-29-8-6-5-7-28(29)35/h5-8,11-18,27,30,33,42H,2-4,9-10,19-22,35H2,1H3,(H,36,43)(H,37,44)/t27-,30+,33+/m0/s1. The lowest BCUT2D eigenvalue weighted by atomic mass is 10.0. The summed E-state index contributed by atoms with van der Waals surface area (Å²) in [6.45, 7) is 0.402. The fraction of sp³-hybridized carbons (Fsp3) is 0.382. The van der Waals surface area contributed by atoms with Crippen LogP contribution in [0.5, 0.6) is 0 Å². The first-order valence-corrected chi connectivity index (χ1v) is 16.7. The Kier molecular flexibility index (Phi) is 12.3. The maximum atomic E-state index is 12.4. The highest BCUT2D eigenvalue weighted by Gasteiger charge is 2.32. The smallest absolute Gasteiger partial charge is 0.224 e. The quantitative estimate of drug-likeness (QED) is 0.0789. The normalized spacial score (nSPS) is 17.7. The van der Waals surface area contributed by atoms with Crippen LogP contribution >= 0.6 is 11.8 Å². The average Bonchev–Trinajstić information content (AvgIpc) is 3.51. The fourth-order valence-corrected chi connectivity index (χ4v) is 6.05. The van der Waals surface area contributed by atoms with Crippen molar-refractivity contribution in [2.24, 2.45) is 7.05 Å². The number of aliphatic hydroxyl groups excluding tert-OH is 1. The van der Waals surface area contributed by atoms with Crippen molar-refractivity contribution in [3.05, 3.63) is 95.1 Å². The fourth-order valence-electron chi connectivity index (χ4n) is 5.19. The SMILES string of the molecule is Cn1nnnc1SC[C@@H]1C[C@H](c2ccc(CO)cc2)O[C@H](c2ccc(CNC(=O)CCCCCC(=O)Nc3ccccc3N)cc2)O1. The van der Waals surface area contributed by atoms with Crippen LogP contribution in [0, 0.1) is 0 Å². The third-order valence-electron chi connectivity index (χ3n) is 7.88. The van der Waals surface area contributed by atoms with Gasteiger partial charge in [0.1, 0.15) is 0 Å². The van der Waals surface area contributed by atoms with Gasteiger partial charge in [-0.05, 0) is 52.1 Å². The highest BCUT2D eigenvalue weighted by Crippen LogP contribution is 2.39. The molecule has 3 atom stereocenters. The molecule has 1 aliphatic heterocycles. The molecule has 0 unspecified atom stereocenters. The molecule has 12 nitrogen and oxygen atoms in total. The van der Waals surface area contributed by atoms with E-state index < -0.39 is 6.29 Å². The molecule has 0 aliphatic carbocycles. The van der Waals surface area contributed by atoms with Crippen molar-refractivity contribution < 1.29 is 24.2 Å². The zero-order valence-electron chi connectivity index (χ0n) is 26.4. The number of anilines is 2. The monoisotopic (exact) mass is 659 g/mol. The van der Waals surface area contributed by atoms with E-state index in [1.165, 1.54) is 11.8 Å². The number of carbonyl (C=O) groups excluding carboxylic acids is 2. The molecule has 1 saturated heterocycles. The Hall–Kier alpha value is -4.30. The number of aryl methyl sites for hydroxylation is 1. The highest BCUT2D eigenvalue weighted by molar-refractivity contribution is 7.99. The average molecular weight is 660 g/mol. The topological polar surface area (TPSA) is 167 Å². The Morgan fingerprint density at radius 1 is 0.936 bits per heavy atom. The number of tetrazole rings is 1. The van der Waals surface area contributed by atoms with Crippen LogP contribution in [0.2, 0.25) is 0 Å². The number of thioether (sulfide) groups is 1. The largest absolute Gasteiger partial charge is 0.397 e. The number of carbonyl (C=O) groups is 2. The van der Waals surface area contributed by atoms with Crippen LogP contribution in [0.4, 0.5) is 11.4 Å². The van der Waals surface area contributed by atoms with E-state index in [-0.39, 0.29) is 30.6 Å². The summed E-state index contributed by atoms with van der Waals surface area (Å²) in [4.78, 5) is 24.6. The Labute approximate surface area is 278 Å². The summed E-state index contributed by atoms with van der Waals surface area (Å²) in [7, 11) is 1.80. The van der Waals surface area contributed by atoms with Crippen molar-refractivity contribution >= 4 is 35.0 Å². The molecule has 0 bridgehead atoms. The number of unbranched alkanes of at least 4 members (excludes halogenated alkanes) is 2. The maximum absolute atomic E-state index is 12.4. The van der Waals surface area contributed by atoms with Crippen LogP contribution < -0.4 is 16.4 Å². The van der Waals surface area contributed by atoms with E-state index in [2.05, 4.69) is 26.2 Å². The Morgan fingerprint density at radius 3 is 2.34 bits per heavy atom. The number of hydrogen-bond donors (Lipinski definition) is 4. The number of aliphatic hydroxyl groups is 1. The predicted molar refractivity (Wildman–Crippen MR) is 179 cm³/mol. The molecule has 0 saturated carbocycles. The maximum Gasteiger partial charge on any atom is 0.224 e. The van der Waals surface area contributed by atoms with Crippen LogP contribution in [0.1, 0.15) is 73.2 Å². The second-order valence-electron chi connectivity index (χ2n) is 11.5. The molecular weight excluding hydrogens is 618 g/mol. The van der Waals surface area contributed by atoms with Crippen LogP contribution in [-0.4, -0.2) is 49.0 Å². The number of nitrogens with two attached hydrogens (primary N) is 1. The molecule has 1 fully saturated rings. The number of nitrogens with zero attached hydrogens (tertiary/aromatic N) is 4. The third kappa shape index (κ3) is 10.1. The summed E-state index contributed by atoms with van der Waals surface area (Å²) in [5.74, 6) is 0.545. The van der Waals surface area contributed by atoms with Gasteiger partial charge in [-0.3, -0.25) is 9.59 Å². The van der Waals surface area contributed by atoms with Gasteiger partial charge in [-0.25, -0.2) is 4.68 Å². The molecule has 1 aliphatic rings. The first-order valence-electron chi connectivity index (χ1n) is 15.7. The number of hydrogen-bond acceptors (Lipinski definition) is 10. The van der Waals surface area contributed by atoms with Gasteiger partial charge < -0.3 is 30.9 Å². The zero-order valence-corrected chi connectivity index (χ0v) is 27.2. The van der Waals surface area contributed by atoms with Crippen molar-refractivity contribution in [3.63, 3.8) is 0 Å². The lowest BCUT2D eigenvalue weighted by Gasteiger charge is -2.36. The van der Waals surface area contributed by atoms with Crippen LogP contribution in [0.3, 0.4) is 0 Å².